The van der Waals surface area contributed by atoms with Crippen LogP contribution < -0.4 is 0 Å². The minimum atomic E-state index is -0.716. The number of fused-ring (bicyclic) bond motifs is 2. The number of hydrogen-bond acceptors (Lipinski definition) is 0. The number of alkyl halides is 2. The van der Waals surface area contributed by atoms with E-state index >= 15 is 0 Å². The van der Waals surface area contributed by atoms with Gasteiger partial charge in [0.05, 0.1) is 8.99 Å². The van der Waals surface area contributed by atoms with Gasteiger partial charge < -0.3 is 0 Å². The van der Waals surface area contributed by atoms with Crippen molar-refractivity contribution in [3.8, 4) is 0 Å². The van der Waals surface area contributed by atoms with Crippen molar-refractivity contribution in [3.05, 3.63) is 116 Å². The first-order valence-corrected chi connectivity index (χ1v) is 17.4. The molecule has 4 heteroatoms. The predicted molar refractivity (Wildman–Crippen MR) is 186 cm³/mol. The molecule has 43 heavy (non-hydrogen) atoms. The molecule has 0 N–H and O–H groups in total. The van der Waals surface area contributed by atoms with E-state index in [1.165, 1.54) is 72.4 Å². The summed E-state index contributed by atoms with van der Waals surface area (Å²) in [7, 11) is 0.232. The molecule has 0 saturated heterocycles. The van der Waals surface area contributed by atoms with Crippen LogP contribution in [0.3, 0.4) is 0 Å². The van der Waals surface area contributed by atoms with Gasteiger partial charge in [0.25, 0.3) is 0 Å². The van der Waals surface area contributed by atoms with Crippen molar-refractivity contribution in [1.29, 1.82) is 0 Å². The van der Waals surface area contributed by atoms with Crippen molar-refractivity contribution >= 4 is 43.9 Å². The topological polar surface area (TPSA) is 0 Å². The van der Waals surface area contributed by atoms with Crippen molar-refractivity contribution in [2.45, 2.75) is 109 Å². The summed E-state index contributed by atoms with van der Waals surface area (Å²) in [6.45, 7) is 25.1. The number of allylic oxidation sites excluding steroid dienone is 3. The minimum Gasteiger partial charge on any atom is -0.114 e. The largest absolute Gasteiger partial charge is 0.118 e. The molecule has 2 atom stereocenters. The molecule has 0 nitrogen and oxygen atoms in total. The molecule has 2 radical (unpaired) electrons. The molecule has 0 amide bonds. The summed E-state index contributed by atoms with van der Waals surface area (Å²) in [4.78, 5) is 0. The van der Waals surface area contributed by atoms with Crippen LogP contribution in [0.5, 0.6) is 0 Å². The number of halogens is 2. The molecular weight excluding hydrogens is 659 g/mol. The van der Waals surface area contributed by atoms with Crippen LogP contribution in [0.2, 0.25) is 0 Å². The van der Waals surface area contributed by atoms with Crippen molar-refractivity contribution < 1.29 is 26.2 Å². The van der Waals surface area contributed by atoms with Crippen molar-refractivity contribution in [1.82, 2.24) is 0 Å². The normalized spacial score (nSPS) is 21.4. The van der Waals surface area contributed by atoms with E-state index in [0.29, 0.717) is 23.7 Å². The molecule has 0 saturated carbocycles. The first kappa shape index (κ1) is 34.7. The van der Waals surface area contributed by atoms with Gasteiger partial charge in [-0.2, -0.15) is 0 Å². The van der Waals surface area contributed by atoms with Crippen LogP contribution in [0.1, 0.15) is 150 Å². The van der Waals surface area contributed by atoms with Crippen LogP contribution in [-0.4, -0.2) is 9.52 Å². The van der Waals surface area contributed by atoms with Gasteiger partial charge in [0.1, 0.15) is 9.52 Å². The summed E-state index contributed by atoms with van der Waals surface area (Å²) in [5.41, 5.74) is 16.9. The molecule has 3 aromatic carbocycles. The van der Waals surface area contributed by atoms with E-state index in [-0.39, 0.29) is 35.7 Å². The van der Waals surface area contributed by atoms with Gasteiger partial charge >= 0.3 is 0 Å². The van der Waals surface area contributed by atoms with E-state index in [1.807, 2.05) is 0 Å². The van der Waals surface area contributed by atoms with Crippen molar-refractivity contribution in [2.24, 2.45) is 0 Å². The van der Waals surface area contributed by atoms with Gasteiger partial charge in [-0.15, -0.1) is 23.2 Å². The SMILES string of the molecule is CC1=C(C)C(Cl)([Si]C2(Cl)C(C)=C(c3ccccc3)c3c(C(C)C)cc(C(C)C)cc32)c2cc(C(C)C)cc(C(C)C)c21.[Zr]. The third-order valence-electron chi connectivity index (χ3n) is 9.70. The van der Waals surface area contributed by atoms with E-state index in [4.69, 9.17) is 23.2 Å². The Morgan fingerprint density at radius 3 is 1.49 bits per heavy atom. The molecule has 2 unspecified atom stereocenters. The number of hydrogen-bond donors (Lipinski definition) is 0. The molecule has 0 aliphatic heterocycles. The summed E-state index contributed by atoms with van der Waals surface area (Å²) in [6, 6.07) is 20.5. The van der Waals surface area contributed by atoms with Crippen LogP contribution in [0.25, 0.3) is 11.1 Å². The van der Waals surface area contributed by atoms with Gasteiger partial charge in [-0.1, -0.05) is 110 Å². The fourth-order valence-electron chi connectivity index (χ4n) is 6.93. The van der Waals surface area contributed by atoms with E-state index < -0.39 is 8.99 Å². The second kappa shape index (κ2) is 12.5. The molecule has 2 aliphatic rings. The monoisotopic (exact) mass is 702 g/mol. The molecule has 5 rings (SSSR count). The molecule has 0 aromatic heterocycles. The quantitative estimate of drug-likeness (QED) is 0.170. The Morgan fingerprint density at radius 2 is 1.02 bits per heavy atom. The maximum absolute atomic E-state index is 8.15. The van der Waals surface area contributed by atoms with E-state index in [2.05, 4.69) is 131 Å². The Balaban J connectivity index is 0.00000423. The Bertz CT molecular complexity index is 1610. The summed E-state index contributed by atoms with van der Waals surface area (Å²) < 4.78 is -1.39. The van der Waals surface area contributed by atoms with Gasteiger partial charge in [-0.3, -0.25) is 0 Å². The number of rotatable bonds is 7. The maximum Gasteiger partial charge on any atom is 0.118 e. The predicted octanol–water partition coefficient (Wildman–Crippen LogP) is 12.0. The zero-order valence-electron chi connectivity index (χ0n) is 27.8. The van der Waals surface area contributed by atoms with Gasteiger partial charge in [-0.25, -0.2) is 0 Å². The maximum atomic E-state index is 8.15. The fraction of sp³-hybridized carbons (Fsp3) is 0.436. The molecule has 224 valence electrons. The second-order valence-corrected chi connectivity index (χ2v) is 17.3. The van der Waals surface area contributed by atoms with E-state index in [9.17, 15) is 0 Å². The van der Waals surface area contributed by atoms with Gasteiger partial charge in [-0.05, 0) is 117 Å². The minimum absolute atomic E-state index is 0. The molecule has 3 aromatic rings. The summed E-state index contributed by atoms with van der Waals surface area (Å²) >= 11 is 16.2. The molecular formula is C39H46Cl2SiZr. The van der Waals surface area contributed by atoms with Crippen molar-refractivity contribution in [2.75, 3.05) is 0 Å². The van der Waals surface area contributed by atoms with Crippen molar-refractivity contribution in [3.63, 3.8) is 0 Å². The van der Waals surface area contributed by atoms with Crippen LogP contribution in [-0.2, 0) is 35.2 Å². The summed E-state index contributed by atoms with van der Waals surface area (Å²) in [6.07, 6.45) is 0. The standard InChI is InChI=1S/C39H46Cl2Si.Zr/c1-21(2)29-17-31(23(5)6)35-25(9)26(10)38(40,33(35)19-29)42-39(41)27(11)36(28-15-13-12-14-16-28)37-32(24(7)8)18-30(22(3)4)20-34(37)39;/h12-24H,1-11H3;. The Labute approximate surface area is 292 Å². The van der Waals surface area contributed by atoms with Crippen LogP contribution >= 0.6 is 23.2 Å². The second-order valence-electron chi connectivity index (χ2n) is 13.7. The van der Waals surface area contributed by atoms with Crippen LogP contribution in [0.15, 0.2) is 65.7 Å². The summed E-state index contributed by atoms with van der Waals surface area (Å²) in [5, 5.41) is 0. The molecule has 0 heterocycles. The van der Waals surface area contributed by atoms with Gasteiger partial charge in [0.2, 0.25) is 0 Å². The first-order chi connectivity index (χ1) is 19.6. The molecule has 0 fully saturated rings. The molecule has 0 spiro atoms. The summed E-state index contributed by atoms with van der Waals surface area (Å²) in [5.74, 6) is 1.60. The Morgan fingerprint density at radius 1 is 0.581 bits per heavy atom. The van der Waals surface area contributed by atoms with E-state index in [1.54, 1.807) is 0 Å². The average molecular weight is 705 g/mol. The Hall–Kier alpha value is -1.18. The Kier molecular flexibility index (Phi) is 10.1. The molecule has 0 bridgehead atoms. The first-order valence-electron chi connectivity index (χ1n) is 15.6. The zero-order valence-corrected chi connectivity index (χ0v) is 32.7. The van der Waals surface area contributed by atoms with Gasteiger partial charge in [0.15, 0.2) is 0 Å². The fourth-order valence-corrected chi connectivity index (χ4v) is 10.3. The third-order valence-corrected chi connectivity index (χ3v) is 13.2. The molecule has 2 aliphatic carbocycles. The average Bonchev–Trinajstić information content (AvgIpc) is 3.27. The van der Waals surface area contributed by atoms with Gasteiger partial charge in [0, 0.05) is 26.2 Å². The van der Waals surface area contributed by atoms with E-state index in [0.717, 1.165) is 0 Å². The smallest absolute Gasteiger partial charge is 0.114 e. The van der Waals surface area contributed by atoms with Crippen LogP contribution in [0, 0.1) is 0 Å². The number of benzene rings is 3. The third kappa shape index (κ3) is 5.60. The zero-order chi connectivity index (χ0) is 30.9. The van der Waals surface area contributed by atoms with Crippen LogP contribution in [0.4, 0.5) is 0 Å².